The number of aromatic nitrogens is 2. The van der Waals surface area contributed by atoms with Gasteiger partial charge in [0.2, 0.25) is 0 Å². The summed E-state index contributed by atoms with van der Waals surface area (Å²) in [6.45, 7) is 4.12. The van der Waals surface area contributed by atoms with Crippen molar-refractivity contribution in [1.82, 2.24) is 14.9 Å². The van der Waals surface area contributed by atoms with Crippen LogP contribution in [-0.4, -0.2) is 31.7 Å². The highest BCUT2D eigenvalue weighted by molar-refractivity contribution is 6.46. The number of aliphatic hydroxyl groups is 1. The smallest absolute Gasteiger partial charge is 0.295 e. The molecule has 30 heavy (non-hydrogen) atoms. The Morgan fingerprint density at radius 2 is 1.77 bits per heavy atom. The van der Waals surface area contributed by atoms with Gasteiger partial charge in [-0.2, -0.15) is 0 Å². The number of aliphatic hydroxyl groups excluding tert-OH is 1. The molecule has 1 aliphatic heterocycles. The van der Waals surface area contributed by atoms with E-state index in [0.717, 1.165) is 16.7 Å². The number of nitrogens with zero attached hydrogens (tertiary/aromatic N) is 3. The number of carbonyl (C=O) groups excluding carboxylic acids is 2. The van der Waals surface area contributed by atoms with Crippen molar-refractivity contribution in [3.8, 4) is 0 Å². The van der Waals surface area contributed by atoms with Gasteiger partial charge in [-0.3, -0.25) is 19.6 Å². The first-order valence-electron chi connectivity index (χ1n) is 9.62. The minimum absolute atomic E-state index is 0.0818. The Kier molecular flexibility index (Phi) is 5.14. The molecule has 4 rings (SSSR count). The summed E-state index contributed by atoms with van der Waals surface area (Å²) in [6.07, 6.45) is 6.52. The SMILES string of the molecule is Cc1ccc(/C(O)=C2/C(=O)C(=O)N(Cc3cccnc3)C2c2ccncc2)cc1C. The molecule has 2 aromatic heterocycles. The maximum absolute atomic E-state index is 13.0. The van der Waals surface area contributed by atoms with Crippen molar-refractivity contribution in [2.24, 2.45) is 0 Å². The largest absolute Gasteiger partial charge is 0.507 e. The standard InChI is InChI=1S/C24H21N3O3/c1-15-5-6-19(12-16(15)2)22(28)20-21(18-7-10-25-11-8-18)27(24(30)23(20)29)14-17-4-3-9-26-13-17/h3-13,21,28H,14H2,1-2H3/b22-20-. The zero-order chi connectivity index (χ0) is 21.3. The van der Waals surface area contributed by atoms with Gasteiger partial charge in [0.1, 0.15) is 5.76 Å². The second-order valence-corrected chi connectivity index (χ2v) is 7.37. The van der Waals surface area contributed by atoms with E-state index >= 15 is 0 Å². The van der Waals surface area contributed by atoms with E-state index in [2.05, 4.69) is 9.97 Å². The van der Waals surface area contributed by atoms with E-state index in [1.807, 2.05) is 32.0 Å². The first-order valence-corrected chi connectivity index (χ1v) is 9.62. The molecule has 3 aromatic rings. The monoisotopic (exact) mass is 399 g/mol. The lowest BCUT2D eigenvalue weighted by atomic mass is 9.94. The number of pyridine rings is 2. The van der Waals surface area contributed by atoms with Gasteiger partial charge in [-0.05, 0) is 60.4 Å². The second kappa shape index (κ2) is 7.91. The molecule has 0 aliphatic carbocycles. The number of amides is 1. The van der Waals surface area contributed by atoms with Crippen molar-refractivity contribution in [2.45, 2.75) is 26.4 Å². The van der Waals surface area contributed by atoms with Crippen molar-refractivity contribution in [3.63, 3.8) is 0 Å². The van der Waals surface area contributed by atoms with E-state index in [0.29, 0.717) is 11.1 Å². The number of hydrogen-bond acceptors (Lipinski definition) is 5. The maximum atomic E-state index is 13.0. The first kappa shape index (κ1) is 19.5. The predicted molar refractivity (Wildman–Crippen MR) is 112 cm³/mol. The molecular formula is C24H21N3O3. The highest BCUT2D eigenvalue weighted by atomic mass is 16.3. The van der Waals surface area contributed by atoms with E-state index in [9.17, 15) is 14.7 Å². The van der Waals surface area contributed by atoms with Crippen LogP contribution in [-0.2, 0) is 16.1 Å². The second-order valence-electron chi connectivity index (χ2n) is 7.37. The van der Waals surface area contributed by atoms with Crippen LogP contribution in [0.25, 0.3) is 5.76 Å². The molecule has 0 bridgehead atoms. The molecule has 6 heteroatoms. The summed E-state index contributed by atoms with van der Waals surface area (Å²) in [7, 11) is 0. The molecule has 1 aliphatic rings. The topological polar surface area (TPSA) is 83.4 Å². The van der Waals surface area contributed by atoms with Gasteiger partial charge in [0, 0.05) is 36.9 Å². The van der Waals surface area contributed by atoms with Crippen LogP contribution in [0.5, 0.6) is 0 Å². The first-order chi connectivity index (χ1) is 14.5. The number of ketones is 1. The number of rotatable bonds is 4. The Bertz CT molecular complexity index is 1140. The average Bonchev–Trinajstić information content (AvgIpc) is 3.01. The molecule has 1 fully saturated rings. The Morgan fingerprint density at radius 3 is 2.43 bits per heavy atom. The van der Waals surface area contributed by atoms with Crippen LogP contribution in [0.2, 0.25) is 0 Å². The molecule has 1 N–H and O–H groups in total. The Hall–Kier alpha value is -3.80. The highest BCUT2D eigenvalue weighted by Crippen LogP contribution is 2.40. The van der Waals surface area contributed by atoms with Crippen molar-refractivity contribution >= 4 is 17.4 Å². The Morgan fingerprint density at radius 1 is 1.00 bits per heavy atom. The third-order valence-electron chi connectivity index (χ3n) is 5.42. The summed E-state index contributed by atoms with van der Waals surface area (Å²) in [6, 6.07) is 11.9. The van der Waals surface area contributed by atoms with Crippen molar-refractivity contribution in [2.75, 3.05) is 0 Å². The van der Waals surface area contributed by atoms with Crippen LogP contribution in [0.3, 0.4) is 0 Å². The van der Waals surface area contributed by atoms with Gasteiger partial charge in [-0.25, -0.2) is 0 Å². The number of likely N-dealkylation sites (tertiary alicyclic amines) is 1. The van der Waals surface area contributed by atoms with Crippen LogP contribution in [0.15, 0.2) is 72.8 Å². The molecule has 1 unspecified atom stereocenters. The fraction of sp³-hybridized carbons (Fsp3) is 0.167. The summed E-state index contributed by atoms with van der Waals surface area (Å²) >= 11 is 0. The highest BCUT2D eigenvalue weighted by Gasteiger charge is 2.46. The molecular weight excluding hydrogens is 378 g/mol. The van der Waals surface area contributed by atoms with Gasteiger partial charge in [0.15, 0.2) is 0 Å². The summed E-state index contributed by atoms with van der Waals surface area (Å²) in [5.41, 5.74) is 4.16. The fourth-order valence-electron chi connectivity index (χ4n) is 3.67. The number of benzene rings is 1. The van der Waals surface area contributed by atoms with Crippen LogP contribution < -0.4 is 0 Å². The summed E-state index contributed by atoms with van der Waals surface area (Å²) < 4.78 is 0. The summed E-state index contributed by atoms with van der Waals surface area (Å²) in [5.74, 6) is -1.52. The summed E-state index contributed by atoms with van der Waals surface area (Å²) in [4.78, 5) is 35.6. The van der Waals surface area contributed by atoms with Crippen LogP contribution in [0.1, 0.15) is 33.9 Å². The number of hydrogen-bond donors (Lipinski definition) is 1. The van der Waals surface area contributed by atoms with Gasteiger partial charge < -0.3 is 10.0 Å². The normalized spacial score (nSPS) is 18.1. The van der Waals surface area contributed by atoms with Gasteiger partial charge in [-0.1, -0.05) is 18.2 Å². The number of aryl methyl sites for hydroxylation is 2. The Labute approximate surface area is 174 Å². The molecule has 0 spiro atoms. The fourth-order valence-corrected chi connectivity index (χ4v) is 3.67. The average molecular weight is 399 g/mol. The van der Waals surface area contributed by atoms with E-state index in [-0.39, 0.29) is 17.9 Å². The summed E-state index contributed by atoms with van der Waals surface area (Å²) in [5, 5.41) is 11.1. The molecule has 150 valence electrons. The molecule has 3 heterocycles. The molecule has 1 saturated heterocycles. The lowest BCUT2D eigenvalue weighted by Gasteiger charge is -2.25. The van der Waals surface area contributed by atoms with E-state index in [1.165, 1.54) is 4.90 Å². The van der Waals surface area contributed by atoms with Gasteiger partial charge in [-0.15, -0.1) is 0 Å². The van der Waals surface area contributed by atoms with Crippen molar-refractivity contribution in [3.05, 3.63) is 101 Å². The van der Waals surface area contributed by atoms with Gasteiger partial charge >= 0.3 is 0 Å². The quantitative estimate of drug-likeness (QED) is 0.411. The van der Waals surface area contributed by atoms with Crippen LogP contribution in [0, 0.1) is 13.8 Å². The van der Waals surface area contributed by atoms with E-state index in [1.54, 1.807) is 49.1 Å². The maximum Gasteiger partial charge on any atom is 0.295 e. The predicted octanol–water partition coefficient (Wildman–Crippen LogP) is 3.72. The lowest BCUT2D eigenvalue weighted by molar-refractivity contribution is -0.140. The Balaban J connectivity index is 1.86. The molecule has 1 amide bonds. The third-order valence-corrected chi connectivity index (χ3v) is 5.42. The number of Topliss-reactive ketones (excluding diaryl/α,β-unsaturated/α-hetero) is 1. The molecule has 0 radical (unpaired) electrons. The zero-order valence-corrected chi connectivity index (χ0v) is 16.7. The van der Waals surface area contributed by atoms with E-state index in [4.69, 9.17) is 0 Å². The zero-order valence-electron chi connectivity index (χ0n) is 16.7. The minimum atomic E-state index is -0.713. The molecule has 0 saturated carbocycles. The lowest BCUT2D eigenvalue weighted by Crippen LogP contribution is -2.29. The molecule has 1 aromatic carbocycles. The van der Waals surface area contributed by atoms with E-state index < -0.39 is 17.7 Å². The van der Waals surface area contributed by atoms with Crippen LogP contribution >= 0.6 is 0 Å². The van der Waals surface area contributed by atoms with Gasteiger partial charge in [0.25, 0.3) is 11.7 Å². The van der Waals surface area contributed by atoms with Crippen molar-refractivity contribution < 1.29 is 14.7 Å². The minimum Gasteiger partial charge on any atom is -0.507 e. The number of carbonyl (C=O) groups is 2. The molecule has 1 atom stereocenters. The molecule has 6 nitrogen and oxygen atoms in total. The third kappa shape index (κ3) is 3.48. The van der Waals surface area contributed by atoms with Crippen LogP contribution in [0.4, 0.5) is 0 Å². The van der Waals surface area contributed by atoms with Crippen molar-refractivity contribution in [1.29, 1.82) is 0 Å². The van der Waals surface area contributed by atoms with Gasteiger partial charge in [0.05, 0.1) is 11.6 Å².